The van der Waals surface area contributed by atoms with Crippen LogP contribution in [0.25, 0.3) is 0 Å². The normalized spacial score (nSPS) is 31.3. The highest BCUT2D eigenvalue weighted by Gasteiger charge is 2.48. The predicted molar refractivity (Wildman–Crippen MR) is 96.7 cm³/mol. The third kappa shape index (κ3) is 3.62. The molecule has 132 valence electrons. The molecule has 1 saturated carbocycles. The van der Waals surface area contributed by atoms with Crippen LogP contribution in [0.15, 0.2) is 0 Å². The van der Waals surface area contributed by atoms with Gasteiger partial charge in [0, 0.05) is 39.3 Å². The van der Waals surface area contributed by atoms with Crippen molar-refractivity contribution in [2.45, 2.75) is 46.0 Å². The van der Waals surface area contributed by atoms with Crippen molar-refractivity contribution in [3.8, 4) is 0 Å². The Kier molecular flexibility index (Phi) is 4.26. The molecule has 3 aliphatic heterocycles. The lowest BCUT2D eigenvalue weighted by Crippen LogP contribution is -2.63. The minimum Gasteiger partial charge on any atom is -0.306 e. The van der Waals surface area contributed by atoms with Gasteiger partial charge in [-0.2, -0.15) is 0 Å². The van der Waals surface area contributed by atoms with Crippen LogP contribution in [0.4, 0.5) is 0 Å². The second kappa shape index (κ2) is 6.00. The molecule has 3 nitrogen and oxygen atoms in total. The van der Waals surface area contributed by atoms with Crippen LogP contribution in [0.2, 0.25) is 0 Å². The van der Waals surface area contributed by atoms with Gasteiger partial charge in [0.2, 0.25) is 0 Å². The third-order valence-electron chi connectivity index (χ3n) is 7.07. The lowest BCUT2D eigenvalue weighted by molar-refractivity contribution is -0.0655. The molecule has 0 N–H and O–H groups in total. The van der Waals surface area contributed by atoms with Crippen LogP contribution >= 0.6 is 0 Å². The highest BCUT2D eigenvalue weighted by molar-refractivity contribution is 5.01. The second-order valence-electron chi connectivity index (χ2n) is 10.1. The van der Waals surface area contributed by atoms with Crippen molar-refractivity contribution in [1.82, 2.24) is 14.7 Å². The van der Waals surface area contributed by atoms with Gasteiger partial charge < -0.3 is 14.7 Å². The van der Waals surface area contributed by atoms with Crippen LogP contribution in [0.1, 0.15) is 46.0 Å². The maximum absolute atomic E-state index is 2.76. The molecule has 1 spiro atoms. The molecule has 4 aliphatic rings. The summed E-state index contributed by atoms with van der Waals surface area (Å²) in [6.07, 6.45) is 7.32. The van der Waals surface area contributed by atoms with Crippen molar-refractivity contribution in [2.24, 2.45) is 22.7 Å². The Bertz CT molecular complexity index is 407. The Balaban J connectivity index is 1.13. The molecule has 0 aromatic rings. The van der Waals surface area contributed by atoms with Gasteiger partial charge in [-0.1, -0.05) is 13.8 Å². The first-order valence-electron chi connectivity index (χ1n) is 10.1. The summed E-state index contributed by atoms with van der Waals surface area (Å²) in [6.45, 7) is 15.8. The van der Waals surface area contributed by atoms with Gasteiger partial charge in [0.1, 0.15) is 0 Å². The Morgan fingerprint density at radius 2 is 1.61 bits per heavy atom. The fraction of sp³-hybridized carbons (Fsp3) is 1.00. The van der Waals surface area contributed by atoms with E-state index in [-0.39, 0.29) is 0 Å². The highest BCUT2D eigenvalue weighted by Crippen LogP contribution is 2.52. The summed E-state index contributed by atoms with van der Waals surface area (Å²) in [5.41, 5.74) is 1.44. The van der Waals surface area contributed by atoms with Gasteiger partial charge in [-0.15, -0.1) is 0 Å². The van der Waals surface area contributed by atoms with Gasteiger partial charge in [-0.05, 0) is 74.9 Å². The fourth-order valence-corrected chi connectivity index (χ4v) is 5.67. The number of likely N-dealkylation sites (tertiary alicyclic amines) is 3. The summed E-state index contributed by atoms with van der Waals surface area (Å²) < 4.78 is 0. The molecule has 3 heteroatoms. The molecular weight excluding hydrogens is 282 g/mol. The molecule has 0 aromatic carbocycles. The average Bonchev–Trinajstić information content (AvgIpc) is 3.15. The minimum absolute atomic E-state index is 0.714. The molecule has 0 unspecified atom stereocenters. The van der Waals surface area contributed by atoms with E-state index in [1.807, 2.05) is 0 Å². The zero-order chi connectivity index (χ0) is 16.1. The van der Waals surface area contributed by atoms with Gasteiger partial charge in [0.15, 0.2) is 0 Å². The summed E-state index contributed by atoms with van der Waals surface area (Å²) in [6, 6.07) is 0. The van der Waals surface area contributed by atoms with Crippen LogP contribution in [0, 0.1) is 22.7 Å². The summed E-state index contributed by atoms with van der Waals surface area (Å²) in [5, 5.41) is 0. The first kappa shape index (κ1) is 16.4. The molecule has 3 heterocycles. The van der Waals surface area contributed by atoms with Crippen molar-refractivity contribution in [3.63, 3.8) is 0 Å². The zero-order valence-corrected chi connectivity index (χ0v) is 15.7. The van der Waals surface area contributed by atoms with Crippen molar-refractivity contribution >= 4 is 0 Å². The summed E-state index contributed by atoms with van der Waals surface area (Å²) in [7, 11) is 2.28. The standard InChI is InChI=1S/C20H37N3/c1-17(2)10-19(4-5-19)14-22-11-18(12-22)13-23-15-20(16-23)6-8-21(3)9-7-20/h17-18H,4-16H2,1-3H3. The molecule has 0 radical (unpaired) electrons. The maximum Gasteiger partial charge on any atom is 0.00516 e. The van der Waals surface area contributed by atoms with E-state index in [2.05, 4.69) is 35.6 Å². The first-order valence-corrected chi connectivity index (χ1v) is 10.1. The second-order valence-corrected chi connectivity index (χ2v) is 10.1. The van der Waals surface area contributed by atoms with Gasteiger partial charge in [0.05, 0.1) is 0 Å². The zero-order valence-electron chi connectivity index (χ0n) is 15.7. The topological polar surface area (TPSA) is 9.72 Å². The van der Waals surface area contributed by atoms with E-state index in [0.717, 1.165) is 17.3 Å². The van der Waals surface area contributed by atoms with Gasteiger partial charge in [-0.25, -0.2) is 0 Å². The largest absolute Gasteiger partial charge is 0.306 e. The molecule has 4 fully saturated rings. The van der Waals surface area contributed by atoms with E-state index >= 15 is 0 Å². The highest BCUT2D eigenvalue weighted by atomic mass is 15.3. The van der Waals surface area contributed by atoms with Crippen LogP contribution in [0.5, 0.6) is 0 Å². The number of hydrogen-bond donors (Lipinski definition) is 0. The van der Waals surface area contributed by atoms with E-state index < -0.39 is 0 Å². The van der Waals surface area contributed by atoms with Crippen molar-refractivity contribution < 1.29 is 0 Å². The summed E-state index contributed by atoms with van der Waals surface area (Å²) >= 11 is 0. The summed E-state index contributed by atoms with van der Waals surface area (Å²) in [4.78, 5) is 8.02. The molecule has 0 amide bonds. The number of hydrogen-bond acceptors (Lipinski definition) is 3. The van der Waals surface area contributed by atoms with Gasteiger partial charge in [-0.3, -0.25) is 0 Å². The van der Waals surface area contributed by atoms with E-state index in [4.69, 9.17) is 0 Å². The van der Waals surface area contributed by atoms with Gasteiger partial charge in [0.25, 0.3) is 0 Å². The molecule has 4 rings (SSSR count). The van der Waals surface area contributed by atoms with Crippen LogP contribution < -0.4 is 0 Å². The fourth-order valence-electron chi connectivity index (χ4n) is 5.67. The number of piperidine rings is 1. The predicted octanol–water partition coefficient (Wildman–Crippen LogP) is 2.77. The molecule has 23 heavy (non-hydrogen) atoms. The molecule has 0 atom stereocenters. The SMILES string of the molecule is CC(C)CC1(CN2CC(CN3CC4(CCN(C)CC4)C3)C2)CC1. The quantitative estimate of drug-likeness (QED) is 0.745. The number of rotatable bonds is 6. The van der Waals surface area contributed by atoms with Crippen LogP contribution in [-0.2, 0) is 0 Å². The molecule has 0 bridgehead atoms. The van der Waals surface area contributed by atoms with Gasteiger partial charge >= 0.3 is 0 Å². The smallest absolute Gasteiger partial charge is 0.00516 e. The van der Waals surface area contributed by atoms with Crippen LogP contribution in [-0.4, -0.2) is 74.1 Å². The van der Waals surface area contributed by atoms with Crippen molar-refractivity contribution in [2.75, 3.05) is 59.4 Å². The lowest BCUT2D eigenvalue weighted by atomic mass is 9.71. The maximum atomic E-state index is 2.76. The first-order chi connectivity index (χ1) is 11.0. The van der Waals surface area contributed by atoms with E-state index in [1.165, 1.54) is 84.5 Å². The number of nitrogens with zero attached hydrogens (tertiary/aromatic N) is 3. The minimum atomic E-state index is 0.714. The summed E-state index contributed by atoms with van der Waals surface area (Å²) in [5.74, 6) is 1.84. The average molecular weight is 320 g/mol. The Morgan fingerprint density at radius 1 is 0.957 bits per heavy atom. The third-order valence-corrected chi connectivity index (χ3v) is 7.07. The monoisotopic (exact) mass is 319 g/mol. The van der Waals surface area contributed by atoms with E-state index in [0.29, 0.717) is 5.41 Å². The van der Waals surface area contributed by atoms with Crippen molar-refractivity contribution in [1.29, 1.82) is 0 Å². The molecular formula is C20H37N3. The lowest BCUT2D eigenvalue weighted by Gasteiger charge is -2.56. The Hall–Kier alpha value is -0.120. The Morgan fingerprint density at radius 3 is 2.17 bits per heavy atom. The molecule has 1 aliphatic carbocycles. The van der Waals surface area contributed by atoms with Crippen molar-refractivity contribution in [3.05, 3.63) is 0 Å². The van der Waals surface area contributed by atoms with Crippen LogP contribution in [0.3, 0.4) is 0 Å². The van der Waals surface area contributed by atoms with E-state index in [9.17, 15) is 0 Å². The Labute approximate surface area is 143 Å². The molecule has 0 aromatic heterocycles. The molecule has 3 saturated heterocycles. The van der Waals surface area contributed by atoms with E-state index in [1.54, 1.807) is 0 Å².